The van der Waals surface area contributed by atoms with E-state index in [-0.39, 0.29) is 22.8 Å². The first-order chi connectivity index (χ1) is 20.9. The Morgan fingerprint density at radius 1 is 1.14 bits per heavy atom. The molecule has 4 fully saturated rings. The van der Waals surface area contributed by atoms with Gasteiger partial charge in [0.15, 0.2) is 5.96 Å². The average molecular weight is 604 g/mol. The molecular formula is C35H46FN5O3. The van der Waals surface area contributed by atoms with Crippen LogP contribution in [0.4, 0.5) is 10.1 Å². The van der Waals surface area contributed by atoms with Crippen LogP contribution in [0.25, 0.3) is 10.9 Å². The number of piperidine rings is 1. The molecule has 0 amide bonds. The predicted molar refractivity (Wildman–Crippen MR) is 173 cm³/mol. The van der Waals surface area contributed by atoms with Gasteiger partial charge in [0.25, 0.3) is 5.56 Å². The number of halogens is 1. The number of hydrogen-bond acceptors (Lipinski definition) is 5. The first-order valence-electron chi connectivity index (χ1n) is 16.0. The quantitative estimate of drug-likeness (QED) is 0.277. The summed E-state index contributed by atoms with van der Waals surface area (Å²) in [5.41, 5.74) is 1.02. The Morgan fingerprint density at radius 2 is 1.89 bits per heavy atom. The molecule has 4 aliphatic rings. The fraction of sp³-hybridized carbons (Fsp3) is 0.571. The highest BCUT2D eigenvalue weighted by Gasteiger charge is 2.65. The number of aliphatic imine (C=N–C) groups is 1. The van der Waals surface area contributed by atoms with Crippen molar-refractivity contribution >= 4 is 22.5 Å². The second-order valence-electron chi connectivity index (χ2n) is 14.3. The minimum atomic E-state index is -0.669. The number of aliphatic hydroxyl groups is 1. The third-order valence-electron chi connectivity index (χ3n) is 10.9. The average Bonchev–Trinajstić information content (AvgIpc) is 2.98. The van der Waals surface area contributed by atoms with Crippen molar-refractivity contribution in [1.82, 2.24) is 14.5 Å². The van der Waals surface area contributed by atoms with Gasteiger partial charge in [0.1, 0.15) is 11.6 Å². The molecule has 3 aromatic rings. The number of aromatic nitrogens is 2. The zero-order chi connectivity index (χ0) is 31.4. The highest BCUT2D eigenvalue weighted by atomic mass is 19.1. The number of rotatable bonds is 6. The first kappa shape index (κ1) is 30.6. The maximum atomic E-state index is 14.4. The summed E-state index contributed by atoms with van der Waals surface area (Å²) >= 11 is 0. The zero-order valence-electron chi connectivity index (χ0n) is 26.8. The molecule has 2 aromatic carbocycles. The van der Waals surface area contributed by atoms with Crippen molar-refractivity contribution in [3.63, 3.8) is 0 Å². The van der Waals surface area contributed by atoms with Crippen LogP contribution in [0.1, 0.15) is 59.4 Å². The smallest absolute Gasteiger partial charge is 0.261 e. The lowest BCUT2D eigenvalue weighted by Crippen LogP contribution is -2.69. The van der Waals surface area contributed by atoms with Crippen molar-refractivity contribution in [2.24, 2.45) is 34.1 Å². The lowest BCUT2D eigenvalue weighted by Gasteiger charge is -2.66. The van der Waals surface area contributed by atoms with Crippen molar-refractivity contribution < 1.29 is 14.2 Å². The summed E-state index contributed by atoms with van der Waals surface area (Å²) in [6.07, 6.45) is 4.62. The third kappa shape index (κ3) is 5.48. The van der Waals surface area contributed by atoms with Gasteiger partial charge < -0.3 is 20.1 Å². The number of nitrogens with one attached hydrogen (secondary N) is 1. The number of benzene rings is 2. The molecular weight excluding hydrogens is 557 g/mol. The second kappa shape index (κ2) is 11.5. The Morgan fingerprint density at radius 3 is 2.57 bits per heavy atom. The summed E-state index contributed by atoms with van der Waals surface area (Å²) in [7, 11) is 1.50. The fourth-order valence-corrected chi connectivity index (χ4v) is 8.06. The molecule has 236 valence electrons. The van der Waals surface area contributed by atoms with Crippen LogP contribution in [0.15, 0.2) is 52.5 Å². The lowest BCUT2D eigenvalue weighted by molar-refractivity contribution is -0.246. The molecule has 8 nitrogen and oxygen atoms in total. The summed E-state index contributed by atoms with van der Waals surface area (Å²) < 4.78 is 21.1. The number of likely N-dealkylation sites (tertiary alicyclic amines) is 1. The van der Waals surface area contributed by atoms with E-state index in [1.165, 1.54) is 30.5 Å². The van der Waals surface area contributed by atoms with Gasteiger partial charge in [-0.15, -0.1) is 0 Å². The van der Waals surface area contributed by atoms with Crippen molar-refractivity contribution in [2.75, 3.05) is 25.5 Å². The van der Waals surface area contributed by atoms with Crippen molar-refractivity contribution in [2.45, 2.75) is 78.5 Å². The van der Waals surface area contributed by atoms with E-state index in [9.17, 15) is 14.3 Å². The molecule has 2 bridgehead atoms. The molecule has 3 saturated carbocycles. The third-order valence-corrected chi connectivity index (χ3v) is 10.9. The highest BCUT2D eigenvalue weighted by molar-refractivity contribution is 5.96. The van der Waals surface area contributed by atoms with E-state index >= 15 is 0 Å². The predicted octanol–water partition coefficient (Wildman–Crippen LogP) is 5.72. The van der Waals surface area contributed by atoms with Gasteiger partial charge in [-0.1, -0.05) is 40.7 Å². The number of fused-ring (bicyclic) bond motifs is 3. The van der Waals surface area contributed by atoms with Crippen LogP contribution in [0.3, 0.4) is 0 Å². The van der Waals surface area contributed by atoms with E-state index < -0.39 is 5.60 Å². The van der Waals surface area contributed by atoms with Gasteiger partial charge in [0.05, 0.1) is 36.0 Å². The molecule has 44 heavy (non-hydrogen) atoms. The zero-order valence-corrected chi connectivity index (χ0v) is 26.8. The molecule has 7 rings (SSSR count). The molecule has 0 spiro atoms. The molecule has 0 radical (unpaired) electrons. The van der Waals surface area contributed by atoms with Crippen molar-refractivity contribution in [3.8, 4) is 5.75 Å². The summed E-state index contributed by atoms with van der Waals surface area (Å²) in [6.45, 7) is 13.4. The van der Waals surface area contributed by atoms with Gasteiger partial charge in [-0.05, 0) is 84.6 Å². The van der Waals surface area contributed by atoms with E-state index in [2.05, 4.69) is 49.8 Å². The van der Waals surface area contributed by atoms with Crippen LogP contribution in [0.2, 0.25) is 0 Å². The van der Waals surface area contributed by atoms with Gasteiger partial charge in [0.2, 0.25) is 0 Å². The minimum absolute atomic E-state index is 0.0307. The van der Waals surface area contributed by atoms with E-state index in [1.807, 2.05) is 12.1 Å². The Balaban J connectivity index is 1.25. The monoisotopic (exact) mass is 603 g/mol. The molecule has 1 saturated heterocycles. The first-order valence-corrected chi connectivity index (χ1v) is 16.0. The second-order valence-corrected chi connectivity index (χ2v) is 14.3. The number of aryl methyl sites for hydroxylation is 2. The van der Waals surface area contributed by atoms with Crippen LogP contribution in [0.5, 0.6) is 5.75 Å². The fourth-order valence-electron chi connectivity index (χ4n) is 8.06. The number of anilines is 1. The maximum Gasteiger partial charge on any atom is 0.261 e. The van der Waals surface area contributed by atoms with Gasteiger partial charge in [-0.3, -0.25) is 9.36 Å². The molecule has 9 heteroatoms. The number of methoxy groups -OCH3 is 1. The molecule has 2 N–H and O–H groups in total. The molecule has 1 aliphatic heterocycles. The van der Waals surface area contributed by atoms with Gasteiger partial charge in [-0.25, -0.2) is 14.4 Å². The van der Waals surface area contributed by atoms with Crippen LogP contribution in [-0.2, 0) is 13.0 Å². The summed E-state index contributed by atoms with van der Waals surface area (Å²) in [6, 6.07) is 10.4. The van der Waals surface area contributed by atoms with E-state index in [0.29, 0.717) is 65.3 Å². The number of guanidine groups is 1. The number of hydrogen-bond donors (Lipinski definition) is 2. The van der Waals surface area contributed by atoms with Crippen LogP contribution in [0, 0.1) is 34.9 Å². The van der Waals surface area contributed by atoms with E-state index in [0.717, 1.165) is 31.2 Å². The molecule has 3 aliphatic carbocycles. The molecule has 6 atom stereocenters. The van der Waals surface area contributed by atoms with E-state index in [1.54, 1.807) is 18.2 Å². The summed E-state index contributed by atoms with van der Waals surface area (Å²) in [5.74, 6) is 2.86. The molecule has 2 heterocycles. The minimum Gasteiger partial charge on any atom is -0.497 e. The Hall–Kier alpha value is -3.46. The van der Waals surface area contributed by atoms with Crippen LogP contribution >= 0.6 is 0 Å². The van der Waals surface area contributed by atoms with Crippen LogP contribution < -0.4 is 15.6 Å². The van der Waals surface area contributed by atoms with Gasteiger partial charge in [-0.2, -0.15) is 0 Å². The SMILES string of the molecule is COc1ccc(CCn2cnc3cc(NC(=NC4CC5(O)CC(C4C)C5(C)C)N4CC(C)CC(C)C4)ccc3c2=O)c(F)c1. The van der Waals surface area contributed by atoms with E-state index in [4.69, 9.17) is 9.73 Å². The van der Waals surface area contributed by atoms with Crippen molar-refractivity contribution in [1.29, 1.82) is 0 Å². The summed E-state index contributed by atoms with van der Waals surface area (Å²) in [5, 5.41) is 15.5. The maximum absolute atomic E-state index is 14.4. The number of nitrogens with zero attached hydrogens (tertiary/aromatic N) is 4. The molecule has 1 aromatic heterocycles. The summed E-state index contributed by atoms with van der Waals surface area (Å²) in [4.78, 5) is 25.6. The van der Waals surface area contributed by atoms with Crippen LogP contribution in [-0.4, -0.2) is 57.4 Å². The largest absolute Gasteiger partial charge is 0.497 e. The standard InChI is InChI=1S/C35H46FN5O3/c1-21-13-22(2)19-41(18-21)33(39-31-17-35(43)16-28(23(31)3)34(35,4)5)38-25-8-10-27-30(14-25)37-20-40(32(27)42)12-11-24-7-9-26(44-6)15-29(24)36/h7-10,14-15,20-23,28,31,43H,11-13,16-19H2,1-6H3,(H,38,39). The Kier molecular flexibility index (Phi) is 7.97. The van der Waals surface area contributed by atoms with Crippen molar-refractivity contribution in [3.05, 3.63) is 64.5 Å². The topological polar surface area (TPSA) is 92.0 Å². The lowest BCUT2D eigenvalue weighted by atomic mass is 9.42. The Labute approximate surface area is 259 Å². The number of ether oxygens (including phenoxy) is 1. The normalized spacial score (nSPS) is 29.8. The Bertz CT molecular complexity index is 1630. The van der Waals surface area contributed by atoms with Gasteiger partial charge in [0, 0.05) is 31.4 Å². The molecule has 6 unspecified atom stereocenters. The highest BCUT2D eigenvalue weighted by Crippen LogP contribution is 2.64. The van der Waals surface area contributed by atoms with Gasteiger partial charge >= 0.3 is 0 Å².